The zero-order valence-corrected chi connectivity index (χ0v) is 14.9. The number of hydrogen-bond donors (Lipinski definition) is 0. The number of anilines is 1. The molecule has 0 radical (unpaired) electrons. The fraction of sp³-hybridized carbons (Fsp3) is 0.263. The molecule has 0 saturated carbocycles. The Morgan fingerprint density at radius 3 is 2.33 bits per heavy atom. The molecule has 1 aliphatic rings. The number of rotatable bonds is 3. The van der Waals surface area contributed by atoms with E-state index in [-0.39, 0.29) is 5.75 Å². The molecule has 1 aromatic heterocycles. The van der Waals surface area contributed by atoms with Gasteiger partial charge in [-0.1, -0.05) is 11.6 Å². The summed E-state index contributed by atoms with van der Waals surface area (Å²) >= 11 is 5.94. The van der Waals surface area contributed by atoms with Gasteiger partial charge in [0.15, 0.2) is 5.82 Å². The van der Waals surface area contributed by atoms with E-state index in [9.17, 15) is 13.2 Å². The molecule has 0 unspecified atom stereocenters. The lowest BCUT2D eigenvalue weighted by molar-refractivity contribution is -0.274. The molecule has 140 valence electrons. The van der Waals surface area contributed by atoms with Crippen LogP contribution in [-0.2, 0) is 0 Å². The fourth-order valence-corrected chi connectivity index (χ4v) is 3.31. The lowest BCUT2D eigenvalue weighted by Crippen LogP contribution is -2.20. The van der Waals surface area contributed by atoms with Crippen molar-refractivity contribution in [3.63, 3.8) is 0 Å². The van der Waals surface area contributed by atoms with Crippen molar-refractivity contribution in [1.82, 2.24) is 9.97 Å². The van der Waals surface area contributed by atoms with Crippen LogP contribution in [0.4, 0.5) is 19.0 Å². The van der Waals surface area contributed by atoms with Crippen molar-refractivity contribution in [3.05, 3.63) is 47.5 Å². The zero-order chi connectivity index (χ0) is 19.0. The molecule has 1 fully saturated rings. The fourth-order valence-electron chi connectivity index (χ4n) is 3.19. The number of benzene rings is 2. The number of hydrogen-bond acceptors (Lipinski definition) is 4. The average molecular weight is 394 g/mol. The Bertz CT molecular complexity index is 970. The van der Waals surface area contributed by atoms with Gasteiger partial charge >= 0.3 is 6.36 Å². The highest BCUT2D eigenvalue weighted by Crippen LogP contribution is 2.33. The van der Waals surface area contributed by atoms with Gasteiger partial charge in [0.2, 0.25) is 0 Å². The first-order valence-electron chi connectivity index (χ1n) is 8.47. The number of ether oxygens (including phenoxy) is 1. The van der Waals surface area contributed by atoms with Gasteiger partial charge in [-0.25, -0.2) is 9.97 Å². The Morgan fingerprint density at radius 1 is 0.963 bits per heavy atom. The van der Waals surface area contributed by atoms with E-state index in [1.54, 1.807) is 12.1 Å². The molecule has 0 spiro atoms. The first-order valence-corrected chi connectivity index (χ1v) is 8.85. The van der Waals surface area contributed by atoms with Gasteiger partial charge in [-0.2, -0.15) is 0 Å². The van der Waals surface area contributed by atoms with E-state index in [2.05, 4.69) is 19.6 Å². The summed E-state index contributed by atoms with van der Waals surface area (Å²) in [5.41, 5.74) is 1.35. The summed E-state index contributed by atoms with van der Waals surface area (Å²) in [5.74, 6) is 0.846. The van der Waals surface area contributed by atoms with Crippen LogP contribution in [0.25, 0.3) is 22.3 Å². The molecular weight excluding hydrogens is 379 g/mol. The average Bonchev–Trinajstić information content (AvgIpc) is 3.14. The lowest BCUT2D eigenvalue weighted by Gasteiger charge is -2.20. The summed E-state index contributed by atoms with van der Waals surface area (Å²) in [6.45, 7) is 1.60. The molecule has 27 heavy (non-hydrogen) atoms. The summed E-state index contributed by atoms with van der Waals surface area (Å²) in [4.78, 5) is 11.3. The van der Waals surface area contributed by atoms with Gasteiger partial charge in [0.25, 0.3) is 0 Å². The topological polar surface area (TPSA) is 38.3 Å². The predicted octanol–water partition coefficient (Wildman–Crippen LogP) is 5.45. The second-order valence-electron chi connectivity index (χ2n) is 6.30. The molecule has 2 heterocycles. The third-order valence-corrected chi connectivity index (χ3v) is 4.64. The smallest absolute Gasteiger partial charge is 0.406 e. The minimum absolute atomic E-state index is 0.279. The first-order chi connectivity index (χ1) is 12.9. The van der Waals surface area contributed by atoms with Crippen molar-refractivity contribution >= 4 is 28.3 Å². The van der Waals surface area contributed by atoms with Gasteiger partial charge in [-0.05, 0) is 55.3 Å². The predicted molar refractivity (Wildman–Crippen MR) is 98.1 cm³/mol. The number of halogens is 4. The quantitative estimate of drug-likeness (QED) is 0.593. The van der Waals surface area contributed by atoms with Crippen molar-refractivity contribution in [2.24, 2.45) is 0 Å². The third-order valence-electron chi connectivity index (χ3n) is 4.39. The third kappa shape index (κ3) is 3.93. The van der Waals surface area contributed by atoms with E-state index in [0.717, 1.165) is 31.5 Å². The molecule has 1 aliphatic heterocycles. The van der Waals surface area contributed by atoms with E-state index in [1.807, 2.05) is 12.1 Å². The Hall–Kier alpha value is -2.54. The van der Waals surface area contributed by atoms with Gasteiger partial charge in [0.05, 0.1) is 5.52 Å². The second kappa shape index (κ2) is 6.88. The van der Waals surface area contributed by atoms with Crippen LogP contribution in [0.2, 0.25) is 5.02 Å². The largest absolute Gasteiger partial charge is 0.573 e. The Kier molecular flexibility index (Phi) is 4.55. The van der Waals surface area contributed by atoms with Gasteiger partial charge in [-0.15, -0.1) is 13.2 Å². The molecule has 3 aromatic rings. The molecule has 2 aromatic carbocycles. The highest BCUT2D eigenvalue weighted by atomic mass is 35.5. The van der Waals surface area contributed by atoms with Crippen molar-refractivity contribution in [2.75, 3.05) is 18.0 Å². The van der Waals surface area contributed by atoms with Crippen LogP contribution in [0, 0.1) is 0 Å². The van der Waals surface area contributed by atoms with Crippen LogP contribution < -0.4 is 9.64 Å². The van der Waals surface area contributed by atoms with Crippen LogP contribution in [0.3, 0.4) is 0 Å². The molecule has 0 N–H and O–H groups in total. The van der Waals surface area contributed by atoms with Gasteiger partial charge in [0.1, 0.15) is 11.6 Å². The second-order valence-corrected chi connectivity index (χ2v) is 6.74. The summed E-state index contributed by atoms with van der Waals surface area (Å²) in [6, 6.07) is 11.3. The molecule has 4 nitrogen and oxygen atoms in total. The van der Waals surface area contributed by atoms with Gasteiger partial charge < -0.3 is 9.64 Å². The van der Waals surface area contributed by atoms with Crippen molar-refractivity contribution in [1.29, 1.82) is 0 Å². The van der Waals surface area contributed by atoms with E-state index < -0.39 is 6.36 Å². The number of aromatic nitrogens is 2. The molecule has 0 bridgehead atoms. The normalized spacial score (nSPS) is 14.7. The molecule has 1 saturated heterocycles. The number of nitrogens with zero attached hydrogens (tertiary/aromatic N) is 3. The first kappa shape index (κ1) is 17.9. The van der Waals surface area contributed by atoms with Crippen molar-refractivity contribution < 1.29 is 17.9 Å². The summed E-state index contributed by atoms with van der Waals surface area (Å²) < 4.78 is 41.8. The minimum Gasteiger partial charge on any atom is -0.406 e. The number of fused-ring (bicyclic) bond motifs is 1. The number of alkyl halides is 3. The lowest BCUT2D eigenvalue weighted by atomic mass is 10.1. The maximum absolute atomic E-state index is 12.6. The van der Waals surface area contributed by atoms with Gasteiger partial charge in [0, 0.05) is 29.1 Å². The summed E-state index contributed by atoms with van der Waals surface area (Å²) in [6.07, 6.45) is -2.72. The van der Waals surface area contributed by atoms with E-state index in [0.29, 0.717) is 27.6 Å². The van der Waals surface area contributed by atoms with Gasteiger partial charge in [-0.3, -0.25) is 0 Å². The SMILES string of the molecule is FC(F)(F)Oc1ccc2nc(-c3ccc(Cl)cc3)nc(N3CCCC3)c2c1. The molecule has 0 atom stereocenters. The van der Waals surface area contributed by atoms with E-state index >= 15 is 0 Å². The molecule has 0 amide bonds. The van der Waals surface area contributed by atoms with E-state index in [1.165, 1.54) is 18.2 Å². The van der Waals surface area contributed by atoms with Crippen LogP contribution in [0.5, 0.6) is 5.75 Å². The Morgan fingerprint density at radius 2 is 1.67 bits per heavy atom. The zero-order valence-electron chi connectivity index (χ0n) is 14.1. The van der Waals surface area contributed by atoms with E-state index in [4.69, 9.17) is 11.6 Å². The summed E-state index contributed by atoms with van der Waals surface area (Å²) in [5, 5.41) is 1.14. The maximum atomic E-state index is 12.6. The summed E-state index contributed by atoms with van der Waals surface area (Å²) in [7, 11) is 0. The maximum Gasteiger partial charge on any atom is 0.573 e. The Labute approximate surface area is 158 Å². The minimum atomic E-state index is -4.74. The molecule has 0 aliphatic carbocycles. The monoisotopic (exact) mass is 393 g/mol. The highest BCUT2D eigenvalue weighted by molar-refractivity contribution is 6.30. The Balaban J connectivity index is 1.85. The highest BCUT2D eigenvalue weighted by Gasteiger charge is 2.31. The molecule has 8 heteroatoms. The van der Waals surface area contributed by atoms with Crippen LogP contribution in [-0.4, -0.2) is 29.4 Å². The van der Waals surface area contributed by atoms with Crippen molar-refractivity contribution in [3.8, 4) is 17.1 Å². The molecule has 4 rings (SSSR count). The van der Waals surface area contributed by atoms with Crippen molar-refractivity contribution in [2.45, 2.75) is 19.2 Å². The standard InChI is InChI=1S/C19H15ClF3N3O/c20-13-5-3-12(4-6-13)17-24-16-8-7-14(27-19(21,22)23)11-15(16)18(25-17)26-9-1-2-10-26/h3-8,11H,1-2,9-10H2. The van der Waals surface area contributed by atoms with Crippen LogP contribution in [0.15, 0.2) is 42.5 Å². The molecular formula is C19H15ClF3N3O. The van der Waals surface area contributed by atoms with Crippen LogP contribution in [0.1, 0.15) is 12.8 Å². The van der Waals surface area contributed by atoms with Crippen LogP contribution >= 0.6 is 11.6 Å².